The SMILES string of the molecule is CC(C)(C)C1=C[N+](Cc2ccc(-c3ccnc(Nc4c[nH]nc4[C@H]4CCNC4)n3)cc2C(F)(F)F)(C(N)=O)C=C1. The van der Waals surface area contributed by atoms with Crippen LogP contribution in [0.15, 0.2) is 60.7 Å². The van der Waals surface area contributed by atoms with Gasteiger partial charge in [-0.3, -0.25) is 5.10 Å². The molecular formula is C28H32F3N8O+. The molecule has 1 unspecified atom stereocenters. The van der Waals surface area contributed by atoms with Crippen molar-refractivity contribution in [3.05, 3.63) is 77.5 Å². The number of aromatic nitrogens is 4. The number of quaternary nitrogens is 1. The fraction of sp³-hybridized carbons (Fsp3) is 0.357. The molecule has 2 aliphatic rings. The summed E-state index contributed by atoms with van der Waals surface area (Å²) in [7, 11) is 0. The highest BCUT2D eigenvalue weighted by molar-refractivity contribution is 5.68. The highest BCUT2D eigenvalue weighted by Gasteiger charge is 2.41. The Kier molecular flexibility index (Phi) is 7.01. The van der Waals surface area contributed by atoms with Gasteiger partial charge in [-0.25, -0.2) is 14.8 Å². The maximum absolute atomic E-state index is 14.3. The number of urea groups is 1. The summed E-state index contributed by atoms with van der Waals surface area (Å²) in [4.78, 5) is 21.2. The number of anilines is 2. The molecule has 2 aliphatic heterocycles. The first-order chi connectivity index (χ1) is 18.9. The van der Waals surface area contributed by atoms with Crippen LogP contribution in [0.25, 0.3) is 11.3 Å². The lowest BCUT2D eigenvalue weighted by Crippen LogP contribution is -2.45. The van der Waals surface area contributed by atoms with Gasteiger partial charge in [0.05, 0.1) is 22.6 Å². The molecule has 210 valence electrons. The molecule has 3 aromatic rings. The fourth-order valence-electron chi connectivity index (χ4n) is 5.02. The number of carbonyl (C=O) groups excluding carboxylic acids is 1. The maximum atomic E-state index is 14.3. The van der Waals surface area contributed by atoms with Gasteiger partial charge in [0.15, 0.2) is 0 Å². The van der Waals surface area contributed by atoms with Crippen molar-refractivity contribution >= 4 is 17.7 Å². The highest BCUT2D eigenvalue weighted by Crippen LogP contribution is 2.39. The molecule has 4 heterocycles. The lowest BCUT2D eigenvalue weighted by Gasteiger charge is -2.26. The number of hydrogen-bond acceptors (Lipinski definition) is 6. The van der Waals surface area contributed by atoms with E-state index in [4.69, 9.17) is 5.73 Å². The first kappa shape index (κ1) is 27.5. The van der Waals surface area contributed by atoms with Gasteiger partial charge < -0.3 is 16.4 Å². The highest BCUT2D eigenvalue weighted by atomic mass is 19.4. The van der Waals surface area contributed by atoms with Gasteiger partial charge in [0.2, 0.25) is 5.95 Å². The second kappa shape index (κ2) is 10.2. The summed E-state index contributed by atoms with van der Waals surface area (Å²) in [6.07, 6.45) is 4.41. The number of aromatic amines is 1. The number of nitrogens with one attached hydrogen (secondary N) is 3. The van der Waals surface area contributed by atoms with Crippen LogP contribution in [-0.4, -0.2) is 43.8 Å². The number of H-pyrrole nitrogens is 1. The molecule has 5 rings (SSSR count). The van der Waals surface area contributed by atoms with E-state index in [1.807, 2.05) is 20.8 Å². The van der Waals surface area contributed by atoms with Crippen molar-refractivity contribution in [1.82, 2.24) is 25.5 Å². The van der Waals surface area contributed by atoms with Crippen molar-refractivity contribution in [2.75, 3.05) is 18.4 Å². The van der Waals surface area contributed by atoms with Crippen molar-refractivity contribution in [3.63, 3.8) is 0 Å². The molecule has 2 aromatic heterocycles. The van der Waals surface area contributed by atoms with Crippen molar-refractivity contribution in [3.8, 4) is 11.3 Å². The zero-order valence-corrected chi connectivity index (χ0v) is 22.5. The molecule has 1 aromatic carbocycles. The molecule has 12 heteroatoms. The summed E-state index contributed by atoms with van der Waals surface area (Å²) in [5, 5.41) is 13.7. The van der Waals surface area contributed by atoms with Gasteiger partial charge in [0, 0.05) is 47.6 Å². The van der Waals surface area contributed by atoms with Crippen LogP contribution in [0, 0.1) is 5.41 Å². The average molecular weight is 554 g/mol. The number of primary amides is 1. The summed E-state index contributed by atoms with van der Waals surface area (Å²) in [6.45, 7) is 7.34. The molecule has 0 spiro atoms. The Labute approximate surface area is 230 Å². The van der Waals surface area contributed by atoms with Gasteiger partial charge >= 0.3 is 12.2 Å². The normalized spacial score (nSPS) is 21.1. The van der Waals surface area contributed by atoms with E-state index in [2.05, 4.69) is 30.8 Å². The number of halogens is 3. The minimum atomic E-state index is -4.66. The van der Waals surface area contributed by atoms with E-state index in [9.17, 15) is 18.0 Å². The third kappa shape index (κ3) is 5.50. The molecule has 5 N–H and O–H groups in total. The quantitative estimate of drug-likeness (QED) is 0.297. The minimum Gasteiger partial charge on any atom is -0.321 e. The molecule has 2 amide bonds. The van der Waals surface area contributed by atoms with Crippen molar-refractivity contribution in [1.29, 1.82) is 0 Å². The minimum absolute atomic E-state index is 0.0493. The van der Waals surface area contributed by atoms with E-state index in [0.29, 0.717) is 5.69 Å². The molecule has 9 nitrogen and oxygen atoms in total. The number of nitrogens with two attached hydrogens (primary N) is 1. The molecule has 2 atom stereocenters. The lowest BCUT2D eigenvalue weighted by atomic mass is 9.88. The van der Waals surface area contributed by atoms with E-state index >= 15 is 0 Å². The van der Waals surface area contributed by atoms with Gasteiger partial charge in [-0.15, -0.1) is 0 Å². The fourth-order valence-corrected chi connectivity index (χ4v) is 5.02. The molecule has 0 bridgehead atoms. The Bertz CT molecular complexity index is 1480. The maximum Gasteiger partial charge on any atom is 0.423 e. The Morgan fingerprint density at radius 3 is 2.67 bits per heavy atom. The van der Waals surface area contributed by atoms with Crippen LogP contribution in [0.2, 0.25) is 0 Å². The number of hydrogen-bond donors (Lipinski definition) is 4. The van der Waals surface area contributed by atoms with Crippen LogP contribution in [0.1, 0.15) is 49.9 Å². The number of carbonyl (C=O) groups is 1. The Morgan fingerprint density at radius 2 is 2.02 bits per heavy atom. The Morgan fingerprint density at radius 1 is 1.23 bits per heavy atom. The monoisotopic (exact) mass is 553 g/mol. The van der Waals surface area contributed by atoms with Crippen LogP contribution < -0.4 is 16.4 Å². The van der Waals surface area contributed by atoms with E-state index in [-0.39, 0.29) is 35.0 Å². The molecule has 0 saturated carbocycles. The van der Waals surface area contributed by atoms with E-state index in [1.165, 1.54) is 12.3 Å². The summed E-state index contributed by atoms with van der Waals surface area (Å²) in [5.41, 5.74) is 7.49. The molecule has 1 saturated heterocycles. The summed E-state index contributed by atoms with van der Waals surface area (Å²) in [5.74, 6) is 0.481. The van der Waals surface area contributed by atoms with Crippen LogP contribution >= 0.6 is 0 Å². The first-order valence-electron chi connectivity index (χ1n) is 13.0. The Balaban J connectivity index is 1.46. The molecule has 0 radical (unpaired) electrons. The van der Waals surface area contributed by atoms with Crippen LogP contribution in [0.3, 0.4) is 0 Å². The largest absolute Gasteiger partial charge is 0.423 e. The van der Waals surface area contributed by atoms with Crippen molar-refractivity contribution in [2.24, 2.45) is 11.1 Å². The zero-order chi connectivity index (χ0) is 28.7. The molecular weight excluding hydrogens is 521 g/mol. The van der Waals surface area contributed by atoms with Crippen LogP contribution in [0.5, 0.6) is 0 Å². The lowest BCUT2D eigenvalue weighted by molar-refractivity contribution is -0.754. The average Bonchev–Trinajstić information content (AvgIpc) is 3.65. The second-order valence-electron chi connectivity index (χ2n) is 11.2. The smallest absolute Gasteiger partial charge is 0.321 e. The van der Waals surface area contributed by atoms with Gasteiger partial charge in [-0.05, 0) is 30.5 Å². The van der Waals surface area contributed by atoms with Gasteiger partial charge in [-0.2, -0.15) is 22.8 Å². The summed E-state index contributed by atoms with van der Waals surface area (Å²) >= 11 is 0. The number of amides is 2. The predicted molar refractivity (Wildman–Crippen MR) is 145 cm³/mol. The van der Waals surface area contributed by atoms with Gasteiger partial charge in [0.25, 0.3) is 0 Å². The van der Waals surface area contributed by atoms with Crippen LogP contribution in [-0.2, 0) is 12.7 Å². The first-order valence-corrected chi connectivity index (χ1v) is 13.0. The molecule has 1 fully saturated rings. The van der Waals surface area contributed by atoms with E-state index in [0.717, 1.165) is 42.5 Å². The van der Waals surface area contributed by atoms with E-state index in [1.54, 1.807) is 36.8 Å². The Hall–Kier alpha value is -4.03. The standard InChI is InChI=1S/C28H31F3N8O/c1-27(2,3)20-8-11-39(16-20,25(32)40)15-19-5-4-17(12-21(19)28(29,30)31)22-7-10-34-26(36-22)37-23-14-35-38-24(23)18-6-9-33-13-18/h4-5,7-8,10-12,14,16,18,33H,6,9,13,15H2,1-3H3,(H3-,32,34,35,36,37,38,40)/p+1/t18-,39?/m0/s1. The molecule has 40 heavy (non-hydrogen) atoms. The van der Waals surface area contributed by atoms with E-state index < -0.39 is 22.3 Å². The zero-order valence-electron chi connectivity index (χ0n) is 22.5. The second-order valence-corrected chi connectivity index (χ2v) is 11.2. The number of alkyl halides is 3. The number of allylic oxidation sites excluding steroid dienone is 2. The predicted octanol–water partition coefficient (Wildman–Crippen LogP) is 5.56. The van der Waals surface area contributed by atoms with Crippen molar-refractivity contribution < 1.29 is 22.4 Å². The van der Waals surface area contributed by atoms with Crippen molar-refractivity contribution in [2.45, 2.75) is 45.8 Å². The number of nitrogens with zero attached hydrogens (tertiary/aromatic N) is 4. The number of rotatable bonds is 6. The third-order valence-corrected chi connectivity index (χ3v) is 7.33. The van der Waals surface area contributed by atoms with Crippen LogP contribution in [0.4, 0.5) is 29.6 Å². The summed E-state index contributed by atoms with van der Waals surface area (Å²) < 4.78 is 42.4. The topological polar surface area (TPSA) is 122 Å². The van der Waals surface area contributed by atoms with Gasteiger partial charge in [-0.1, -0.05) is 32.9 Å². The third-order valence-electron chi connectivity index (χ3n) is 7.33. The van der Waals surface area contributed by atoms with Gasteiger partial charge in [0.1, 0.15) is 18.9 Å². The number of benzene rings is 1. The molecule has 0 aliphatic carbocycles. The summed E-state index contributed by atoms with van der Waals surface area (Å²) in [6, 6.07) is 4.80.